The third-order valence-electron chi connectivity index (χ3n) is 2.17. The van der Waals surface area contributed by atoms with Crippen molar-refractivity contribution >= 4 is 5.97 Å². The number of aromatic carboxylic acids is 1. The molecular formula is C13H8N2O3. The number of carboxylic acid groups (broad SMARTS) is 1. The molecule has 0 bridgehead atoms. The largest absolute Gasteiger partial charge is 0.478 e. The highest BCUT2D eigenvalue weighted by Gasteiger charge is 2.06. The van der Waals surface area contributed by atoms with Gasteiger partial charge in [0.15, 0.2) is 0 Å². The molecule has 0 aliphatic carbocycles. The van der Waals surface area contributed by atoms with E-state index in [1.807, 2.05) is 6.07 Å². The summed E-state index contributed by atoms with van der Waals surface area (Å²) in [5.74, 6) is -0.442. The summed E-state index contributed by atoms with van der Waals surface area (Å²) in [6.45, 7) is 0. The van der Waals surface area contributed by atoms with Gasteiger partial charge in [-0.15, -0.1) is 0 Å². The molecule has 18 heavy (non-hydrogen) atoms. The number of carboxylic acids is 1. The molecule has 1 heterocycles. The molecule has 88 valence electrons. The molecule has 1 aromatic carbocycles. The summed E-state index contributed by atoms with van der Waals surface area (Å²) < 4.78 is 5.39. The summed E-state index contributed by atoms with van der Waals surface area (Å²) in [7, 11) is 0. The number of nitrogens with zero attached hydrogens (tertiary/aromatic N) is 2. The van der Waals surface area contributed by atoms with Crippen LogP contribution < -0.4 is 4.74 Å². The lowest BCUT2D eigenvalue weighted by atomic mass is 10.2. The molecule has 0 aliphatic heterocycles. The number of nitriles is 1. The van der Waals surface area contributed by atoms with Gasteiger partial charge < -0.3 is 9.84 Å². The summed E-state index contributed by atoms with van der Waals surface area (Å²) in [4.78, 5) is 14.7. The van der Waals surface area contributed by atoms with Gasteiger partial charge in [-0.2, -0.15) is 5.26 Å². The Balaban J connectivity index is 2.26. The van der Waals surface area contributed by atoms with Crippen LogP contribution in [0.5, 0.6) is 11.6 Å². The van der Waals surface area contributed by atoms with Crippen LogP contribution in [0.25, 0.3) is 0 Å². The summed E-state index contributed by atoms with van der Waals surface area (Å²) in [6.07, 6.45) is 1.35. The Kier molecular flexibility index (Phi) is 3.21. The smallest absolute Gasteiger partial charge is 0.335 e. The minimum Gasteiger partial charge on any atom is -0.478 e. The Morgan fingerprint density at radius 3 is 2.89 bits per heavy atom. The number of hydrogen-bond acceptors (Lipinski definition) is 4. The minimum atomic E-state index is -1.05. The first kappa shape index (κ1) is 11.6. The zero-order valence-corrected chi connectivity index (χ0v) is 9.20. The topological polar surface area (TPSA) is 83.2 Å². The second-order valence-corrected chi connectivity index (χ2v) is 3.43. The lowest BCUT2D eigenvalue weighted by molar-refractivity contribution is 0.0696. The summed E-state index contributed by atoms with van der Waals surface area (Å²) in [6, 6.07) is 11.2. The van der Waals surface area contributed by atoms with E-state index in [-0.39, 0.29) is 11.4 Å². The molecule has 0 aliphatic rings. The Morgan fingerprint density at radius 1 is 1.33 bits per heavy atom. The van der Waals surface area contributed by atoms with Crippen molar-refractivity contribution in [1.29, 1.82) is 5.26 Å². The molecule has 2 rings (SSSR count). The molecular weight excluding hydrogens is 232 g/mol. The maximum Gasteiger partial charge on any atom is 0.335 e. The predicted octanol–water partition coefficient (Wildman–Crippen LogP) is 2.44. The predicted molar refractivity (Wildman–Crippen MR) is 62.4 cm³/mol. The number of hydrogen-bond donors (Lipinski definition) is 1. The molecule has 5 nitrogen and oxygen atoms in total. The van der Waals surface area contributed by atoms with Crippen LogP contribution in [-0.2, 0) is 0 Å². The molecule has 0 radical (unpaired) electrons. The van der Waals surface area contributed by atoms with E-state index in [1.54, 1.807) is 24.3 Å². The van der Waals surface area contributed by atoms with E-state index in [0.29, 0.717) is 11.3 Å². The minimum absolute atomic E-state index is 0.0939. The van der Waals surface area contributed by atoms with Crippen LogP contribution >= 0.6 is 0 Å². The fourth-order valence-electron chi connectivity index (χ4n) is 1.35. The molecule has 0 atom stereocenters. The summed E-state index contributed by atoms with van der Waals surface area (Å²) in [5, 5.41) is 17.6. The van der Waals surface area contributed by atoms with Crippen molar-refractivity contribution in [3.63, 3.8) is 0 Å². The van der Waals surface area contributed by atoms with Gasteiger partial charge in [0.1, 0.15) is 5.75 Å². The van der Waals surface area contributed by atoms with Gasteiger partial charge in [-0.25, -0.2) is 9.78 Å². The zero-order chi connectivity index (χ0) is 13.0. The van der Waals surface area contributed by atoms with Gasteiger partial charge >= 0.3 is 5.97 Å². The van der Waals surface area contributed by atoms with Crippen LogP contribution in [0.4, 0.5) is 0 Å². The van der Waals surface area contributed by atoms with Crippen LogP contribution in [0.3, 0.4) is 0 Å². The third-order valence-corrected chi connectivity index (χ3v) is 2.17. The van der Waals surface area contributed by atoms with Crippen LogP contribution in [-0.4, -0.2) is 16.1 Å². The van der Waals surface area contributed by atoms with Crippen LogP contribution in [0.2, 0.25) is 0 Å². The normalized spacial score (nSPS) is 9.50. The molecule has 5 heteroatoms. The Morgan fingerprint density at radius 2 is 2.17 bits per heavy atom. The van der Waals surface area contributed by atoms with Crippen LogP contribution in [0, 0.1) is 11.3 Å². The number of aromatic nitrogens is 1. The van der Waals surface area contributed by atoms with Gasteiger partial charge in [0, 0.05) is 12.3 Å². The van der Waals surface area contributed by atoms with E-state index < -0.39 is 5.97 Å². The quantitative estimate of drug-likeness (QED) is 0.890. The van der Waals surface area contributed by atoms with Crippen molar-refractivity contribution in [3.8, 4) is 17.7 Å². The van der Waals surface area contributed by atoms with Crippen molar-refractivity contribution in [2.45, 2.75) is 0 Å². The second-order valence-electron chi connectivity index (χ2n) is 3.43. The number of carbonyl (C=O) groups is 1. The fraction of sp³-hybridized carbons (Fsp3) is 0. The van der Waals surface area contributed by atoms with Gasteiger partial charge in [-0.1, -0.05) is 6.07 Å². The highest BCUT2D eigenvalue weighted by molar-refractivity contribution is 5.87. The average molecular weight is 240 g/mol. The lowest BCUT2D eigenvalue weighted by Crippen LogP contribution is -1.97. The lowest BCUT2D eigenvalue weighted by Gasteiger charge is -2.05. The first-order chi connectivity index (χ1) is 8.69. The van der Waals surface area contributed by atoms with Crippen LogP contribution in [0.1, 0.15) is 15.9 Å². The maximum atomic E-state index is 10.8. The molecule has 2 aromatic rings. The maximum absolute atomic E-state index is 10.8. The Hall–Kier alpha value is -2.87. The van der Waals surface area contributed by atoms with Gasteiger partial charge in [0.2, 0.25) is 5.88 Å². The van der Waals surface area contributed by atoms with Gasteiger partial charge in [-0.3, -0.25) is 0 Å². The van der Waals surface area contributed by atoms with E-state index in [2.05, 4.69) is 4.98 Å². The Bertz CT molecular complexity index is 632. The number of ether oxygens (including phenoxy) is 1. The van der Waals surface area contributed by atoms with E-state index in [4.69, 9.17) is 15.1 Å². The van der Waals surface area contributed by atoms with E-state index >= 15 is 0 Å². The van der Waals surface area contributed by atoms with Crippen molar-refractivity contribution in [1.82, 2.24) is 4.98 Å². The zero-order valence-electron chi connectivity index (χ0n) is 9.20. The van der Waals surface area contributed by atoms with E-state index in [9.17, 15) is 4.79 Å². The van der Waals surface area contributed by atoms with Crippen molar-refractivity contribution in [2.75, 3.05) is 0 Å². The number of pyridine rings is 1. The molecule has 0 saturated carbocycles. The SMILES string of the molecule is N#Cc1cccc(Oc2cc(C(=O)O)ccn2)c1. The fourth-order valence-corrected chi connectivity index (χ4v) is 1.35. The molecule has 1 N–H and O–H groups in total. The van der Waals surface area contributed by atoms with Gasteiger partial charge in [0.25, 0.3) is 0 Å². The summed E-state index contributed by atoms with van der Waals surface area (Å²) in [5.41, 5.74) is 0.554. The summed E-state index contributed by atoms with van der Waals surface area (Å²) >= 11 is 0. The van der Waals surface area contributed by atoms with Crippen LogP contribution in [0.15, 0.2) is 42.6 Å². The average Bonchev–Trinajstić information content (AvgIpc) is 2.39. The first-order valence-electron chi connectivity index (χ1n) is 5.06. The van der Waals surface area contributed by atoms with E-state index in [1.165, 1.54) is 18.3 Å². The molecule has 0 amide bonds. The highest BCUT2D eigenvalue weighted by Crippen LogP contribution is 2.20. The van der Waals surface area contributed by atoms with Crippen molar-refractivity contribution < 1.29 is 14.6 Å². The molecule has 0 unspecified atom stereocenters. The van der Waals surface area contributed by atoms with Gasteiger partial charge in [-0.05, 0) is 24.3 Å². The van der Waals surface area contributed by atoms with Crippen molar-refractivity contribution in [2.24, 2.45) is 0 Å². The monoisotopic (exact) mass is 240 g/mol. The molecule has 0 fully saturated rings. The molecule has 0 saturated heterocycles. The molecule has 0 spiro atoms. The second kappa shape index (κ2) is 4.97. The van der Waals surface area contributed by atoms with Crippen molar-refractivity contribution in [3.05, 3.63) is 53.7 Å². The molecule has 1 aromatic heterocycles. The van der Waals surface area contributed by atoms with Gasteiger partial charge in [0.05, 0.1) is 17.2 Å². The highest BCUT2D eigenvalue weighted by atomic mass is 16.5. The van der Waals surface area contributed by atoms with E-state index in [0.717, 1.165) is 0 Å². The standard InChI is InChI=1S/C13H8N2O3/c14-8-9-2-1-3-11(6-9)18-12-7-10(13(16)17)4-5-15-12/h1-7H,(H,16,17). The Labute approximate surface area is 103 Å². The number of benzene rings is 1. The third kappa shape index (κ3) is 2.62. The number of rotatable bonds is 3. The first-order valence-corrected chi connectivity index (χ1v) is 5.06.